The molecule has 0 atom stereocenters. The van der Waals surface area contributed by atoms with E-state index in [9.17, 15) is 4.79 Å². The molecule has 3 nitrogen and oxygen atoms in total. The van der Waals surface area contributed by atoms with Gasteiger partial charge in [-0.05, 0) is 40.2 Å². The zero-order valence-corrected chi connectivity index (χ0v) is 11.1. The van der Waals surface area contributed by atoms with Gasteiger partial charge in [0.05, 0.1) is 5.41 Å². The minimum atomic E-state index is -0.651. The van der Waals surface area contributed by atoms with Crippen LogP contribution in [0.15, 0.2) is 30.3 Å². The van der Waals surface area contributed by atoms with Gasteiger partial charge >= 0.3 is 5.97 Å². The van der Waals surface area contributed by atoms with Crippen LogP contribution in [0.5, 0.6) is 0 Å². The van der Waals surface area contributed by atoms with Crippen LogP contribution in [-0.2, 0) is 20.2 Å². The second kappa shape index (κ2) is 4.88. The highest BCUT2D eigenvalue weighted by molar-refractivity contribution is 5.74. The zero-order chi connectivity index (χ0) is 13.1. The van der Waals surface area contributed by atoms with Crippen molar-refractivity contribution in [2.45, 2.75) is 40.2 Å². The van der Waals surface area contributed by atoms with Gasteiger partial charge in [-0.3, -0.25) is 4.89 Å². The Hall–Kier alpha value is -1.35. The molecule has 0 aromatic heterocycles. The van der Waals surface area contributed by atoms with E-state index in [4.69, 9.17) is 9.78 Å². The minimum absolute atomic E-state index is 0.374. The number of carbonyl (C=O) groups is 1. The normalized spacial score (nSPS) is 12.3. The average Bonchev–Trinajstić information content (AvgIpc) is 2.26. The molecule has 0 radical (unpaired) electrons. The molecule has 0 aliphatic carbocycles. The monoisotopic (exact) mass is 236 g/mol. The molecule has 94 valence electrons. The molecule has 0 N–H and O–H groups in total. The highest BCUT2D eigenvalue weighted by Gasteiger charge is 2.29. The fraction of sp³-hybridized carbons (Fsp3) is 0.500. The van der Waals surface area contributed by atoms with Gasteiger partial charge in [-0.25, -0.2) is 4.79 Å². The predicted octanol–water partition coefficient (Wildman–Crippen LogP) is 3.44. The maximum absolute atomic E-state index is 11.6. The molecule has 1 rings (SSSR count). The number of rotatable bonds is 3. The fourth-order valence-electron chi connectivity index (χ4n) is 1.15. The summed E-state index contributed by atoms with van der Waals surface area (Å²) in [5, 5.41) is 0. The predicted molar refractivity (Wildman–Crippen MR) is 66.1 cm³/mol. The zero-order valence-electron chi connectivity index (χ0n) is 11.1. The largest absolute Gasteiger partial charge is 0.347 e. The molecule has 0 bridgehead atoms. The van der Waals surface area contributed by atoms with Gasteiger partial charge in [-0.15, -0.1) is 0 Å². The van der Waals surface area contributed by atoms with Crippen molar-refractivity contribution in [3.63, 3.8) is 0 Å². The number of hydrogen-bond acceptors (Lipinski definition) is 3. The Morgan fingerprint density at radius 2 is 1.53 bits per heavy atom. The highest BCUT2D eigenvalue weighted by atomic mass is 17.2. The molecule has 0 amide bonds. The van der Waals surface area contributed by atoms with Crippen molar-refractivity contribution in [2.24, 2.45) is 5.41 Å². The van der Waals surface area contributed by atoms with E-state index in [-0.39, 0.29) is 5.97 Å². The standard InChI is InChI=1S/C14H20O3/c1-13(2,3)12(15)16-17-14(4,5)11-9-7-6-8-10-11/h6-10H,1-5H3. The molecule has 1 aromatic carbocycles. The first-order valence-electron chi connectivity index (χ1n) is 5.69. The summed E-state index contributed by atoms with van der Waals surface area (Å²) in [5.41, 5.74) is -0.253. The summed E-state index contributed by atoms with van der Waals surface area (Å²) in [6, 6.07) is 9.65. The van der Waals surface area contributed by atoms with Gasteiger partial charge in [-0.2, -0.15) is 4.89 Å². The van der Waals surface area contributed by atoms with Gasteiger partial charge in [0, 0.05) is 0 Å². The Balaban J connectivity index is 2.66. The molecular formula is C14H20O3. The van der Waals surface area contributed by atoms with Crippen molar-refractivity contribution in [3.05, 3.63) is 35.9 Å². The van der Waals surface area contributed by atoms with Crippen LogP contribution in [-0.4, -0.2) is 5.97 Å². The first-order valence-corrected chi connectivity index (χ1v) is 5.69. The Morgan fingerprint density at radius 1 is 1.00 bits per heavy atom. The highest BCUT2D eigenvalue weighted by Crippen LogP contribution is 2.26. The van der Waals surface area contributed by atoms with Crippen LogP contribution in [0.2, 0.25) is 0 Å². The van der Waals surface area contributed by atoms with E-state index in [1.807, 2.05) is 44.2 Å². The topological polar surface area (TPSA) is 35.5 Å². The molecule has 0 aliphatic rings. The van der Waals surface area contributed by atoms with Crippen molar-refractivity contribution in [1.82, 2.24) is 0 Å². The van der Waals surface area contributed by atoms with E-state index >= 15 is 0 Å². The quantitative estimate of drug-likeness (QED) is 0.595. The first kappa shape index (κ1) is 13.7. The Morgan fingerprint density at radius 3 is 2.00 bits per heavy atom. The maximum atomic E-state index is 11.6. The van der Waals surface area contributed by atoms with E-state index in [2.05, 4.69) is 0 Å². The summed E-state index contributed by atoms with van der Waals surface area (Å²) in [5.74, 6) is -0.374. The smallest absolute Gasteiger partial charge is 0.297 e. The molecule has 0 fully saturated rings. The number of hydrogen-bond donors (Lipinski definition) is 0. The van der Waals surface area contributed by atoms with Crippen molar-refractivity contribution < 1.29 is 14.6 Å². The third kappa shape index (κ3) is 3.86. The van der Waals surface area contributed by atoms with Crippen molar-refractivity contribution in [2.75, 3.05) is 0 Å². The van der Waals surface area contributed by atoms with Gasteiger partial charge in [0.1, 0.15) is 5.60 Å². The van der Waals surface area contributed by atoms with Crippen molar-refractivity contribution >= 4 is 5.97 Å². The summed E-state index contributed by atoms with van der Waals surface area (Å²) in [4.78, 5) is 21.7. The molecule has 1 aromatic rings. The SMILES string of the molecule is CC(C)(C)C(=O)OOC(C)(C)c1ccccc1. The van der Waals surface area contributed by atoms with Gasteiger partial charge in [-0.1, -0.05) is 30.3 Å². The summed E-state index contributed by atoms with van der Waals surface area (Å²) in [6.45, 7) is 9.08. The average molecular weight is 236 g/mol. The van der Waals surface area contributed by atoms with Gasteiger partial charge in [0.2, 0.25) is 0 Å². The van der Waals surface area contributed by atoms with Crippen LogP contribution < -0.4 is 0 Å². The first-order chi connectivity index (χ1) is 7.73. The molecule has 0 heterocycles. The lowest BCUT2D eigenvalue weighted by Gasteiger charge is -2.25. The van der Waals surface area contributed by atoms with Crippen molar-refractivity contribution in [3.8, 4) is 0 Å². The summed E-state index contributed by atoms with van der Waals surface area (Å²) >= 11 is 0. The number of benzene rings is 1. The molecule has 0 spiro atoms. The minimum Gasteiger partial charge on any atom is -0.297 e. The van der Waals surface area contributed by atoms with E-state index in [1.54, 1.807) is 20.8 Å². The Labute approximate surface area is 103 Å². The van der Waals surface area contributed by atoms with E-state index in [0.29, 0.717) is 0 Å². The Bertz CT molecular complexity index is 374. The van der Waals surface area contributed by atoms with Crippen LogP contribution >= 0.6 is 0 Å². The molecular weight excluding hydrogens is 216 g/mol. The fourth-order valence-corrected chi connectivity index (χ4v) is 1.15. The lowest BCUT2D eigenvalue weighted by Crippen LogP contribution is -2.29. The van der Waals surface area contributed by atoms with E-state index in [1.165, 1.54) is 0 Å². The number of carbonyl (C=O) groups excluding carboxylic acids is 1. The van der Waals surface area contributed by atoms with Gasteiger partial charge in [0.25, 0.3) is 0 Å². The lowest BCUT2D eigenvalue weighted by molar-refractivity contribution is -0.334. The molecule has 0 aliphatic heterocycles. The van der Waals surface area contributed by atoms with Gasteiger partial charge in [0.15, 0.2) is 0 Å². The van der Waals surface area contributed by atoms with Crippen LogP contribution in [0.1, 0.15) is 40.2 Å². The molecule has 17 heavy (non-hydrogen) atoms. The molecule has 0 saturated heterocycles. The van der Waals surface area contributed by atoms with E-state index < -0.39 is 11.0 Å². The third-order valence-electron chi connectivity index (χ3n) is 2.41. The van der Waals surface area contributed by atoms with Crippen molar-refractivity contribution in [1.29, 1.82) is 0 Å². The second-order valence-electron chi connectivity index (χ2n) is 5.58. The summed E-state index contributed by atoms with van der Waals surface area (Å²) in [7, 11) is 0. The third-order valence-corrected chi connectivity index (χ3v) is 2.41. The summed E-state index contributed by atoms with van der Waals surface area (Å²) < 4.78 is 0. The van der Waals surface area contributed by atoms with E-state index in [0.717, 1.165) is 5.56 Å². The van der Waals surface area contributed by atoms with Crippen LogP contribution in [0.3, 0.4) is 0 Å². The maximum Gasteiger partial charge on any atom is 0.347 e. The molecule has 0 saturated carbocycles. The summed E-state index contributed by atoms with van der Waals surface area (Å²) in [6.07, 6.45) is 0. The van der Waals surface area contributed by atoms with Crippen LogP contribution in [0.4, 0.5) is 0 Å². The molecule has 0 unspecified atom stereocenters. The Kier molecular flexibility index (Phi) is 3.94. The van der Waals surface area contributed by atoms with Crippen LogP contribution in [0.25, 0.3) is 0 Å². The van der Waals surface area contributed by atoms with Gasteiger partial charge < -0.3 is 0 Å². The second-order valence-corrected chi connectivity index (χ2v) is 5.58. The lowest BCUT2D eigenvalue weighted by atomic mass is 9.97. The molecule has 3 heteroatoms. The van der Waals surface area contributed by atoms with Crippen LogP contribution in [0, 0.1) is 5.41 Å².